The Morgan fingerprint density at radius 1 is 1.19 bits per heavy atom. The van der Waals surface area contributed by atoms with Crippen LogP contribution in [0.3, 0.4) is 0 Å². The lowest BCUT2D eigenvalue weighted by molar-refractivity contribution is 0.172. The third kappa shape index (κ3) is 3.47. The van der Waals surface area contributed by atoms with E-state index in [9.17, 15) is 0 Å². The van der Waals surface area contributed by atoms with Gasteiger partial charge in [-0.15, -0.1) is 11.3 Å². The summed E-state index contributed by atoms with van der Waals surface area (Å²) in [4.78, 5) is 7.42. The van der Waals surface area contributed by atoms with E-state index >= 15 is 0 Å². The van der Waals surface area contributed by atoms with Crippen LogP contribution in [0.2, 0.25) is 5.02 Å². The number of nitrogens with zero attached hydrogens (tertiary/aromatic N) is 2. The number of thiazole rings is 1. The van der Waals surface area contributed by atoms with Crippen LogP contribution in [-0.4, -0.2) is 29.0 Å². The number of hydrogen-bond acceptors (Lipinski definition) is 3. The molecule has 2 aromatic rings. The zero-order valence-electron chi connectivity index (χ0n) is 12.6. The lowest BCUT2D eigenvalue weighted by atomic mass is 9.96. The highest BCUT2D eigenvalue weighted by molar-refractivity contribution is 7.10. The first-order valence-electron chi connectivity index (χ1n) is 7.59. The van der Waals surface area contributed by atoms with Crippen LogP contribution in [-0.2, 0) is 0 Å². The molecule has 0 spiro atoms. The molecule has 0 bridgehead atoms. The molecule has 0 unspecified atom stereocenters. The maximum Gasteiger partial charge on any atom is 0.0964 e. The SMILES string of the molecule is CC(C)N1CCC(c2nc(-c3ccc(Cl)cc3)cs2)CC1. The number of benzene rings is 1. The summed E-state index contributed by atoms with van der Waals surface area (Å²) >= 11 is 7.74. The van der Waals surface area contributed by atoms with Crippen LogP contribution in [0.1, 0.15) is 37.6 Å². The van der Waals surface area contributed by atoms with E-state index in [-0.39, 0.29) is 0 Å². The Hall–Kier alpha value is -0.900. The van der Waals surface area contributed by atoms with Gasteiger partial charge in [0.2, 0.25) is 0 Å². The molecule has 1 fully saturated rings. The zero-order valence-corrected chi connectivity index (χ0v) is 14.1. The first-order valence-corrected chi connectivity index (χ1v) is 8.84. The van der Waals surface area contributed by atoms with Crippen LogP contribution in [0.25, 0.3) is 11.3 Å². The van der Waals surface area contributed by atoms with Crippen molar-refractivity contribution in [3.05, 3.63) is 39.7 Å². The number of rotatable bonds is 3. The van der Waals surface area contributed by atoms with Crippen molar-refractivity contribution < 1.29 is 0 Å². The normalized spacial score (nSPS) is 17.5. The second kappa shape index (κ2) is 6.47. The molecule has 0 amide bonds. The van der Waals surface area contributed by atoms with Crippen LogP contribution in [0.4, 0.5) is 0 Å². The molecule has 2 nitrogen and oxygen atoms in total. The fourth-order valence-corrected chi connectivity index (χ4v) is 4.02. The van der Waals surface area contributed by atoms with Gasteiger partial charge in [-0.2, -0.15) is 0 Å². The van der Waals surface area contributed by atoms with Crippen molar-refractivity contribution in [1.29, 1.82) is 0 Å². The molecule has 0 aliphatic carbocycles. The topological polar surface area (TPSA) is 16.1 Å². The van der Waals surface area contributed by atoms with Crippen LogP contribution >= 0.6 is 22.9 Å². The Bertz CT molecular complexity index is 583. The van der Waals surface area contributed by atoms with Gasteiger partial charge >= 0.3 is 0 Å². The van der Waals surface area contributed by atoms with E-state index in [0.717, 1.165) is 16.3 Å². The number of piperidine rings is 1. The minimum atomic E-state index is 0.631. The van der Waals surface area contributed by atoms with E-state index in [4.69, 9.17) is 16.6 Å². The number of hydrogen-bond donors (Lipinski definition) is 0. The summed E-state index contributed by atoms with van der Waals surface area (Å²) in [6.45, 7) is 6.95. The second-order valence-corrected chi connectivity index (χ2v) is 7.31. The highest BCUT2D eigenvalue weighted by Crippen LogP contribution is 2.33. The zero-order chi connectivity index (χ0) is 14.8. The van der Waals surface area contributed by atoms with Gasteiger partial charge in [0, 0.05) is 27.9 Å². The maximum absolute atomic E-state index is 5.94. The van der Waals surface area contributed by atoms with E-state index in [1.165, 1.54) is 30.9 Å². The predicted molar refractivity (Wildman–Crippen MR) is 91.2 cm³/mol. The van der Waals surface area contributed by atoms with Gasteiger partial charge in [-0.05, 0) is 51.9 Å². The summed E-state index contributed by atoms with van der Waals surface area (Å²) in [5.41, 5.74) is 2.24. The van der Waals surface area contributed by atoms with E-state index in [0.29, 0.717) is 12.0 Å². The van der Waals surface area contributed by atoms with E-state index in [1.807, 2.05) is 24.3 Å². The molecule has 4 heteroatoms. The smallest absolute Gasteiger partial charge is 0.0964 e. The Labute approximate surface area is 135 Å². The van der Waals surface area contributed by atoms with Gasteiger partial charge in [0.25, 0.3) is 0 Å². The fraction of sp³-hybridized carbons (Fsp3) is 0.471. The fourth-order valence-electron chi connectivity index (χ4n) is 2.89. The molecule has 0 saturated carbocycles. The van der Waals surface area contributed by atoms with Gasteiger partial charge in [0.1, 0.15) is 0 Å². The highest BCUT2D eigenvalue weighted by atomic mass is 35.5. The molecule has 1 aromatic heterocycles. The van der Waals surface area contributed by atoms with Crippen molar-refractivity contribution in [2.45, 2.75) is 38.6 Å². The van der Waals surface area contributed by atoms with Crippen molar-refractivity contribution in [2.24, 2.45) is 0 Å². The first kappa shape index (κ1) is 15.0. The van der Waals surface area contributed by atoms with Crippen molar-refractivity contribution in [3.8, 4) is 11.3 Å². The standard InChI is InChI=1S/C17H21ClN2S/c1-12(2)20-9-7-14(8-10-20)17-19-16(11-21-17)13-3-5-15(18)6-4-13/h3-6,11-12,14H,7-10H2,1-2H3. The Morgan fingerprint density at radius 3 is 2.48 bits per heavy atom. The van der Waals surface area contributed by atoms with Crippen molar-refractivity contribution in [2.75, 3.05) is 13.1 Å². The largest absolute Gasteiger partial charge is 0.301 e. The van der Waals surface area contributed by atoms with Gasteiger partial charge < -0.3 is 4.90 Å². The summed E-state index contributed by atoms with van der Waals surface area (Å²) in [5, 5.41) is 4.24. The quantitative estimate of drug-likeness (QED) is 0.786. The van der Waals surface area contributed by atoms with Crippen molar-refractivity contribution in [1.82, 2.24) is 9.88 Å². The molecular weight excluding hydrogens is 300 g/mol. The third-order valence-corrected chi connectivity index (χ3v) is 5.53. The lowest BCUT2D eigenvalue weighted by Crippen LogP contribution is -2.37. The monoisotopic (exact) mass is 320 g/mol. The molecule has 2 heterocycles. The van der Waals surface area contributed by atoms with Crippen molar-refractivity contribution in [3.63, 3.8) is 0 Å². The first-order chi connectivity index (χ1) is 10.1. The minimum Gasteiger partial charge on any atom is -0.301 e. The maximum atomic E-state index is 5.94. The number of aromatic nitrogens is 1. The summed E-state index contributed by atoms with van der Waals surface area (Å²) in [6.07, 6.45) is 2.46. The molecule has 1 saturated heterocycles. The Morgan fingerprint density at radius 2 is 1.86 bits per heavy atom. The molecule has 0 radical (unpaired) electrons. The third-order valence-electron chi connectivity index (χ3n) is 4.27. The minimum absolute atomic E-state index is 0.631. The number of likely N-dealkylation sites (tertiary alicyclic amines) is 1. The number of halogens is 1. The molecule has 1 aromatic carbocycles. The predicted octanol–water partition coefficient (Wildman–Crippen LogP) is 5.05. The Kier molecular flexibility index (Phi) is 4.63. The van der Waals surface area contributed by atoms with E-state index < -0.39 is 0 Å². The molecule has 21 heavy (non-hydrogen) atoms. The average Bonchev–Trinajstić information content (AvgIpc) is 2.98. The van der Waals surface area contributed by atoms with Crippen LogP contribution in [0.15, 0.2) is 29.6 Å². The Balaban J connectivity index is 1.70. The highest BCUT2D eigenvalue weighted by Gasteiger charge is 2.24. The van der Waals surface area contributed by atoms with Gasteiger partial charge in [0.05, 0.1) is 10.7 Å². The van der Waals surface area contributed by atoms with Crippen LogP contribution < -0.4 is 0 Å². The molecule has 1 aliphatic rings. The van der Waals surface area contributed by atoms with E-state index in [1.54, 1.807) is 11.3 Å². The van der Waals surface area contributed by atoms with Crippen LogP contribution in [0, 0.1) is 0 Å². The van der Waals surface area contributed by atoms with Gasteiger partial charge in [-0.3, -0.25) is 0 Å². The summed E-state index contributed by atoms with van der Waals surface area (Å²) < 4.78 is 0. The molecular formula is C17H21ClN2S. The average molecular weight is 321 g/mol. The molecule has 112 valence electrons. The lowest BCUT2D eigenvalue weighted by Gasteiger charge is -2.33. The van der Waals surface area contributed by atoms with Gasteiger partial charge in [-0.1, -0.05) is 23.7 Å². The second-order valence-electron chi connectivity index (χ2n) is 5.98. The molecule has 1 aliphatic heterocycles. The van der Waals surface area contributed by atoms with Crippen molar-refractivity contribution >= 4 is 22.9 Å². The molecule has 0 atom stereocenters. The van der Waals surface area contributed by atoms with Gasteiger partial charge in [-0.25, -0.2) is 4.98 Å². The van der Waals surface area contributed by atoms with E-state index in [2.05, 4.69) is 24.1 Å². The summed E-state index contributed by atoms with van der Waals surface area (Å²) in [7, 11) is 0. The summed E-state index contributed by atoms with van der Waals surface area (Å²) in [5.74, 6) is 0.631. The summed E-state index contributed by atoms with van der Waals surface area (Å²) in [6, 6.07) is 8.60. The molecule has 3 rings (SSSR count). The molecule has 0 N–H and O–H groups in total. The van der Waals surface area contributed by atoms with Gasteiger partial charge in [0.15, 0.2) is 0 Å². The van der Waals surface area contributed by atoms with Crippen LogP contribution in [0.5, 0.6) is 0 Å².